The second-order valence-corrected chi connectivity index (χ2v) is 4.20. The predicted octanol–water partition coefficient (Wildman–Crippen LogP) is 2.53. The Labute approximate surface area is 98.7 Å². The standard InChI is InChI=1S/C12H14FN3O/c1-7(2)10(14)12-16-15-11(17-12)8-5-3-4-6-9(8)13/h3-7,10H,14H2,1-2H3. The summed E-state index contributed by atoms with van der Waals surface area (Å²) in [6.45, 7) is 3.91. The van der Waals surface area contributed by atoms with Crippen molar-refractivity contribution in [1.82, 2.24) is 10.2 Å². The fraction of sp³-hybridized carbons (Fsp3) is 0.333. The number of hydrogen-bond acceptors (Lipinski definition) is 4. The Balaban J connectivity index is 2.34. The molecule has 1 aromatic carbocycles. The lowest BCUT2D eigenvalue weighted by Gasteiger charge is -2.09. The van der Waals surface area contributed by atoms with Gasteiger partial charge in [-0.05, 0) is 18.1 Å². The van der Waals surface area contributed by atoms with Gasteiger partial charge in [0.1, 0.15) is 5.82 Å². The van der Waals surface area contributed by atoms with Gasteiger partial charge in [-0.15, -0.1) is 10.2 Å². The Morgan fingerprint density at radius 2 is 1.94 bits per heavy atom. The predicted molar refractivity (Wildman–Crippen MR) is 61.5 cm³/mol. The third kappa shape index (κ3) is 2.34. The van der Waals surface area contributed by atoms with Gasteiger partial charge in [-0.25, -0.2) is 4.39 Å². The van der Waals surface area contributed by atoms with E-state index in [2.05, 4.69) is 10.2 Å². The highest BCUT2D eigenvalue weighted by molar-refractivity contribution is 5.53. The maximum atomic E-state index is 13.5. The van der Waals surface area contributed by atoms with Crippen LogP contribution in [0.1, 0.15) is 25.8 Å². The van der Waals surface area contributed by atoms with E-state index in [1.54, 1.807) is 18.2 Å². The largest absolute Gasteiger partial charge is 0.419 e. The molecule has 5 heteroatoms. The molecule has 1 atom stereocenters. The topological polar surface area (TPSA) is 64.9 Å². The van der Waals surface area contributed by atoms with Crippen LogP contribution in [0.25, 0.3) is 11.5 Å². The van der Waals surface area contributed by atoms with Gasteiger partial charge >= 0.3 is 0 Å². The SMILES string of the molecule is CC(C)C(N)c1nnc(-c2ccccc2F)o1. The van der Waals surface area contributed by atoms with Crippen LogP contribution in [0.2, 0.25) is 0 Å². The van der Waals surface area contributed by atoms with Crippen LogP contribution >= 0.6 is 0 Å². The highest BCUT2D eigenvalue weighted by Crippen LogP contribution is 2.24. The van der Waals surface area contributed by atoms with Gasteiger partial charge in [0.15, 0.2) is 0 Å². The molecule has 0 saturated heterocycles. The lowest BCUT2D eigenvalue weighted by molar-refractivity contribution is 0.393. The van der Waals surface area contributed by atoms with Crippen LogP contribution in [0.3, 0.4) is 0 Å². The zero-order valence-corrected chi connectivity index (χ0v) is 9.72. The number of halogens is 1. The Bertz CT molecular complexity index is 510. The minimum atomic E-state index is -0.388. The maximum absolute atomic E-state index is 13.5. The molecule has 1 aromatic heterocycles. The van der Waals surface area contributed by atoms with Crippen molar-refractivity contribution in [2.45, 2.75) is 19.9 Å². The fourth-order valence-corrected chi connectivity index (χ4v) is 1.40. The van der Waals surface area contributed by atoms with Crippen molar-refractivity contribution in [3.05, 3.63) is 36.0 Å². The zero-order valence-electron chi connectivity index (χ0n) is 9.72. The molecule has 0 fully saturated rings. The van der Waals surface area contributed by atoms with Gasteiger partial charge in [-0.1, -0.05) is 26.0 Å². The van der Waals surface area contributed by atoms with E-state index in [4.69, 9.17) is 10.2 Å². The van der Waals surface area contributed by atoms with Crippen LogP contribution in [-0.4, -0.2) is 10.2 Å². The molecule has 2 aromatic rings. The summed E-state index contributed by atoms with van der Waals surface area (Å²) in [6, 6.07) is 5.93. The molecule has 17 heavy (non-hydrogen) atoms. The van der Waals surface area contributed by atoms with E-state index in [0.29, 0.717) is 11.5 Å². The van der Waals surface area contributed by atoms with Crippen LogP contribution in [0.5, 0.6) is 0 Å². The van der Waals surface area contributed by atoms with Crippen LogP contribution in [0, 0.1) is 11.7 Å². The zero-order chi connectivity index (χ0) is 12.4. The van der Waals surface area contributed by atoms with Crippen LogP contribution in [0.15, 0.2) is 28.7 Å². The van der Waals surface area contributed by atoms with Crippen molar-refractivity contribution < 1.29 is 8.81 Å². The summed E-state index contributed by atoms with van der Waals surface area (Å²) < 4.78 is 18.9. The molecule has 2 N–H and O–H groups in total. The maximum Gasteiger partial charge on any atom is 0.250 e. The van der Waals surface area contributed by atoms with Crippen molar-refractivity contribution in [1.29, 1.82) is 0 Å². The van der Waals surface area contributed by atoms with E-state index in [0.717, 1.165) is 0 Å². The highest BCUT2D eigenvalue weighted by atomic mass is 19.1. The molecule has 0 amide bonds. The Hall–Kier alpha value is -1.75. The van der Waals surface area contributed by atoms with Crippen molar-refractivity contribution in [3.63, 3.8) is 0 Å². The third-order valence-corrected chi connectivity index (χ3v) is 2.55. The van der Waals surface area contributed by atoms with Gasteiger partial charge < -0.3 is 10.2 Å². The molecule has 90 valence electrons. The van der Waals surface area contributed by atoms with Crippen LogP contribution < -0.4 is 5.73 Å². The van der Waals surface area contributed by atoms with E-state index in [1.165, 1.54) is 6.07 Å². The molecular weight excluding hydrogens is 221 g/mol. The molecule has 0 saturated carbocycles. The summed E-state index contributed by atoms with van der Waals surface area (Å²) in [5.41, 5.74) is 6.17. The number of aromatic nitrogens is 2. The Morgan fingerprint density at radius 1 is 1.24 bits per heavy atom. The number of benzene rings is 1. The second-order valence-electron chi connectivity index (χ2n) is 4.20. The van der Waals surface area contributed by atoms with E-state index in [-0.39, 0.29) is 23.7 Å². The number of rotatable bonds is 3. The molecule has 0 aliphatic rings. The highest BCUT2D eigenvalue weighted by Gasteiger charge is 2.19. The first kappa shape index (κ1) is 11.7. The molecule has 0 aliphatic heterocycles. The summed E-state index contributed by atoms with van der Waals surface area (Å²) in [5, 5.41) is 7.66. The average Bonchev–Trinajstić information content (AvgIpc) is 2.77. The van der Waals surface area contributed by atoms with Gasteiger partial charge in [0.05, 0.1) is 11.6 Å². The quantitative estimate of drug-likeness (QED) is 0.887. The molecule has 2 rings (SSSR count). The molecule has 0 spiro atoms. The van der Waals surface area contributed by atoms with Crippen molar-refractivity contribution in [2.75, 3.05) is 0 Å². The van der Waals surface area contributed by atoms with Crippen molar-refractivity contribution in [2.24, 2.45) is 11.7 Å². The lowest BCUT2D eigenvalue weighted by atomic mass is 10.1. The third-order valence-electron chi connectivity index (χ3n) is 2.55. The van der Waals surface area contributed by atoms with E-state index in [9.17, 15) is 4.39 Å². The van der Waals surface area contributed by atoms with Gasteiger partial charge in [0, 0.05) is 0 Å². The van der Waals surface area contributed by atoms with Crippen molar-refractivity contribution in [3.8, 4) is 11.5 Å². The summed E-state index contributed by atoms with van der Waals surface area (Å²) in [7, 11) is 0. The van der Waals surface area contributed by atoms with Crippen molar-refractivity contribution >= 4 is 0 Å². The van der Waals surface area contributed by atoms with E-state index in [1.807, 2.05) is 13.8 Å². The first-order chi connectivity index (χ1) is 8.09. The summed E-state index contributed by atoms with van der Waals surface area (Å²) in [5.74, 6) is 0.289. The molecule has 1 unspecified atom stereocenters. The van der Waals surface area contributed by atoms with Crippen LogP contribution in [0.4, 0.5) is 4.39 Å². The average molecular weight is 235 g/mol. The number of nitrogens with zero attached hydrogens (tertiary/aromatic N) is 2. The second kappa shape index (κ2) is 4.63. The number of hydrogen-bond donors (Lipinski definition) is 1. The van der Waals surface area contributed by atoms with Crippen LogP contribution in [-0.2, 0) is 0 Å². The fourth-order valence-electron chi connectivity index (χ4n) is 1.40. The summed E-state index contributed by atoms with van der Waals surface area (Å²) in [4.78, 5) is 0. The summed E-state index contributed by atoms with van der Waals surface area (Å²) in [6.07, 6.45) is 0. The first-order valence-corrected chi connectivity index (χ1v) is 5.43. The Kier molecular flexibility index (Phi) is 3.19. The smallest absolute Gasteiger partial charge is 0.250 e. The van der Waals surface area contributed by atoms with Gasteiger partial charge in [0.2, 0.25) is 5.89 Å². The molecule has 1 heterocycles. The summed E-state index contributed by atoms with van der Waals surface area (Å²) >= 11 is 0. The minimum Gasteiger partial charge on any atom is -0.419 e. The minimum absolute atomic E-state index is 0.161. The van der Waals surface area contributed by atoms with E-state index < -0.39 is 0 Å². The molecule has 4 nitrogen and oxygen atoms in total. The lowest BCUT2D eigenvalue weighted by Crippen LogP contribution is -2.16. The molecular formula is C12H14FN3O. The molecule has 0 bridgehead atoms. The van der Waals surface area contributed by atoms with Gasteiger partial charge in [0.25, 0.3) is 5.89 Å². The van der Waals surface area contributed by atoms with Gasteiger partial charge in [-0.3, -0.25) is 0 Å². The normalized spacial score (nSPS) is 13.0. The first-order valence-electron chi connectivity index (χ1n) is 5.43. The number of nitrogens with two attached hydrogens (primary N) is 1. The van der Waals surface area contributed by atoms with E-state index >= 15 is 0 Å². The van der Waals surface area contributed by atoms with Gasteiger partial charge in [-0.2, -0.15) is 0 Å². The molecule has 0 aliphatic carbocycles. The molecule has 0 radical (unpaired) electrons. The Morgan fingerprint density at radius 3 is 2.59 bits per heavy atom. The monoisotopic (exact) mass is 235 g/mol.